The SMILES string of the molecule is CNCc1nnc(-c2cc(C)cc(F)c2)o1. The number of aryl methyl sites for hydroxylation is 1. The molecule has 0 aliphatic rings. The minimum Gasteiger partial charge on any atom is -0.419 e. The Morgan fingerprint density at radius 1 is 1.31 bits per heavy atom. The van der Waals surface area contributed by atoms with Crippen LogP contribution in [0.2, 0.25) is 0 Å². The molecule has 0 spiro atoms. The molecule has 2 rings (SSSR count). The number of hydrogen-bond donors (Lipinski definition) is 1. The molecule has 0 aliphatic heterocycles. The van der Waals surface area contributed by atoms with Crippen molar-refractivity contribution in [2.24, 2.45) is 0 Å². The van der Waals surface area contributed by atoms with Crippen LogP contribution in [0.1, 0.15) is 11.5 Å². The summed E-state index contributed by atoms with van der Waals surface area (Å²) in [5.74, 6) is 0.524. The third kappa shape index (κ3) is 2.25. The fourth-order valence-electron chi connectivity index (χ4n) is 1.45. The van der Waals surface area contributed by atoms with Crippen molar-refractivity contribution >= 4 is 0 Å². The molecular formula is C11H12FN3O. The Hall–Kier alpha value is -1.75. The summed E-state index contributed by atoms with van der Waals surface area (Å²) in [5, 5.41) is 10.6. The summed E-state index contributed by atoms with van der Waals surface area (Å²) < 4.78 is 18.5. The number of hydrogen-bond acceptors (Lipinski definition) is 4. The third-order valence-electron chi connectivity index (χ3n) is 2.08. The lowest BCUT2D eigenvalue weighted by Crippen LogP contribution is -2.04. The summed E-state index contributed by atoms with van der Waals surface area (Å²) in [6.45, 7) is 2.32. The fraction of sp³-hybridized carbons (Fsp3) is 0.273. The van der Waals surface area contributed by atoms with Gasteiger partial charge in [0.1, 0.15) is 5.82 Å². The van der Waals surface area contributed by atoms with E-state index in [2.05, 4.69) is 15.5 Å². The van der Waals surface area contributed by atoms with E-state index >= 15 is 0 Å². The Morgan fingerprint density at radius 3 is 2.81 bits per heavy atom. The maximum atomic E-state index is 13.2. The number of benzene rings is 1. The molecule has 5 heteroatoms. The van der Waals surface area contributed by atoms with Crippen molar-refractivity contribution in [3.05, 3.63) is 35.5 Å². The Labute approximate surface area is 92.5 Å². The van der Waals surface area contributed by atoms with Gasteiger partial charge in [-0.15, -0.1) is 10.2 Å². The maximum absolute atomic E-state index is 13.2. The highest BCUT2D eigenvalue weighted by Gasteiger charge is 2.09. The van der Waals surface area contributed by atoms with Crippen LogP contribution in [0, 0.1) is 12.7 Å². The van der Waals surface area contributed by atoms with Gasteiger partial charge in [0.25, 0.3) is 0 Å². The standard InChI is InChI=1S/C11H12FN3O/c1-7-3-8(5-9(12)4-7)11-15-14-10(16-11)6-13-2/h3-5,13H,6H2,1-2H3. The zero-order valence-electron chi connectivity index (χ0n) is 9.12. The largest absolute Gasteiger partial charge is 0.419 e. The first-order valence-corrected chi connectivity index (χ1v) is 4.93. The molecule has 0 radical (unpaired) electrons. The molecule has 0 aliphatic carbocycles. The molecular weight excluding hydrogens is 209 g/mol. The van der Waals surface area contributed by atoms with Crippen molar-refractivity contribution in [3.8, 4) is 11.5 Å². The predicted molar refractivity (Wildman–Crippen MR) is 57.2 cm³/mol. The van der Waals surface area contributed by atoms with Crippen LogP contribution in [0.25, 0.3) is 11.5 Å². The van der Waals surface area contributed by atoms with E-state index in [1.165, 1.54) is 12.1 Å². The topological polar surface area (TPSA) is 51.0 Å². The first-order chi connectivity index (χ1) is 7.69. The average molecular weight is 221 g/mol. The molecule has 2 aromatic rings. The lowest BCUT2D eigenvalue weighted by Gasteiger charge is -1.97. The van der Waals surface area contributed by atoms with Crippen LogP contribution >= 0.6 is 0 Å². The summed E-state index contributed by atoms with van der Waals surface area (Å²) in [5.41, 5.74) is 1.43. The smallest absolute Gasteiger partial charge is 0.247 e. The van der Waals surface area contributed by atoms with Gasteiger partial charge < -0.3 is 9.73 Å². The van der Waals surface area contributed by atoms with Crippen molar-refractivity contribution in [1.82, 2.24) is 15.5 Å². The van der Waals surface area contributed by atoms with Gasteiger partial charge >= 0.3 is 0 Å². The number of aromatic nitrogens is 2. The summed E-state index contributed by atoms with van der Waals surface area (Å²) in [6, 6.07) is 4.64. The van der Waals surface area contributed by atoms with Gasteiger partial charge in [0.2, 0.25) is 11.8 Å². The van der Waals surface area contributed by atoms with Crippen molar-refractivity contribution in [2.75, 3.05) is 7.05 Å². The van der Waals surface area contributed by atoms with Crippen LogP contribution in [-0.4, -0.2) is 17.2 Å². The highest BCUT2D eigenvalue weighted by Crippen LogP contribution is 2.20. The first-order valence-electron chi connectivity index (χ1n) is 4.93. The monoisotopic (exact) mass is 221 g/mol. The normalized spacial score (nSPS) is 10.7. The van der Waals surface area contributed by atoms with Gasteiger partial charge in [0, 0.05) is 5.56 Å². The predicted octanol–water partition coefficient (Wildman–Crippen LogP) is 1.90. The number of rotatable bonds is 3. The van der Waals surface area contributed by atoms with Crippen LogP contribution in [0.5, 0.6) is 0 Å². The van der Waals surface area contributed by atoms with Crippen molar-refractivity contribution < 1.29 is 8.81 Å². The van der Waals surface area contributed by atoms with Crippen LogP contribution in [-0.2, 0) is 6.54 Å². The van der Waals surface area contributed by atoms with E-state index in [1.807, 2.05) is 6.92 Å². The van der Waals surface area contributed by atoms with Crippen LogP contribution in [0.3, 0.4) is 0 Å². The molecule has 0 amide bonds. The number of halogens is 1. The average Bonchev–Trinajstić information content (AvgIpc) is 2.65. The maximum Gasteiger partial charge on any atom is 0.247 e. The first kappa shape index (κ1) is 10.8. The van der Waals surface area contributed by atoms with Gasteiger partial charge in [0.15, 0.2) is 0 Å². The second-order valence-corrected chi connectivity index (χ2v) is 3.55. The molecule has 16 heavy (non-hydrogen) atoms. The Bertz CT molecular complexity index is 475. The van der Waals surface area contributed by atoms with Gasteiger partial charge in [-0.3, -0.25) is 0 Å². The van der Waals surface area contributed by atoms with Crippen LogP contribution < -0.4 is 5.32 Å². The molecule has 0 fully saturated rings. The Morgan fingerprint density at radius 2 is 2.12 bits per heavy atom. The molecule has 1 N–H and O–H groups in total. The second-order valence-electron chi connectivity index (χ2n) is 3.55. The van der Waals surface area contributed by atoms with E-state index < -0.39 is 0 Å². The van der Waals surface area contributed by atoms with Gasteiger partial charge in [-0.05, 0) is 37.7 Å². The summed E-state index contributed by atoms with van der Waals surface area (Å²) in [4.78, 5) is 0. The molecule has 0 bridgehead atoms. The minimum absolute atomic E-state index is 0.302. The van der Waals surface area contributed by atoms with Gasteiger partial charge in [-0.1, -0.05) is 0 Å². The second kappa shape index (κ2) is 4.40. The fourth-order valence-corrected chi connectivity index (χ4v) is 1.45. The highest BCUT2D eigenvalue weighted by atomic mass is 19.1. The molecule has 0 unspecified atom stereocenters. The highest BCUT2D eigenvalue weighted by molar-refractivity contribution is 5.53. The Kier molecular flexibility index (Phi) is 2.96. The minimum atomic E-state index is -0.302. The zero-order chi connectivity index (χ0) is 11.5. The molecule has 0 saturated heterocycles. The molecule has 1 aromatic carbocycles. The lowest BCUT2D eigenvalue weighted by atomic mass is 10.1. The van der Waals surface area contributed by atoms with E-state index in [9.17, 15) is 4.39 Å². The van der Waals surface area contributed by atoms with Gasteiger partial charge in [0.05, 0.1) is 6.54 Å². The van der Waals surface area contributed by atoms with E-state index in [1.54, 1.807) is 13.1 Å². The van der Waals surface area contributed by atoms with E-state index in [4.69, 9.17) is 4.42 Å². The summed E-state index contributed by atoms with van der Waals surface area (Å²) in [7, 11) is 1.79. The zero-order valence-corrected chi connectivity index (χ0v) is 9.12. The summed E-state index contributed by atoms with van der Waals surface area (Å²) >= 11 is 0. The van der Waals surface area contributed by atoms with E-state index in [0.29, 0.717) is 23.9 Å². The Balaban J connectivity index is 2.34. The number of nitrogens with one attached hydrogen (secondary N) is 1. The van der Waals surface area contributed by atoms with Crippen molar-refractivity contribution in [2.45, 2.75) is 13.5 Å². The number of nitrogens with zero attached hydrogens (tertiary/aromatic N) is 2. The quantitative estimate of drug-likeness (QED) is 0.860. The van der Waals surface area contributed by atoms with Gasteiger partial charge in [-0.25, -0.2) is 4.39 Å². The molecule has 1 heterocycles. The molecule has 1 aromatic heterocycles. The molecule has 4 nitrogen and oxygen atoms in total. The van der Waals surface area contributed by atoms with Crippen molar-refractivity contribution in [3.63, 3.8) is 0 Å². The molecule has 0 atom stereocenters. The van der Waals surface area contributed by atoms with Crippen LogP contribution in [0.15, 0.2) is 22.6 Å². The lowest BCUT2D eigenvalue weighted by molar-refractivity contribution is 0.490. The van der Waals surface area contributed by atoms with Crippen molar-refractivity contribution in [1.29, 1.82) is 0 Å². The summed E-state index contributed by atoms with van der Waals surface area (Å²) in [6.07, 6.45) is 0. The third-order valence-corrected chi connectivity index (χ3v) is 2.08. The van der Waals surface area contributed by atoms with E-state index in [-0.39, 0.29) is 5.82 Å². The molecule has 84 valence electrons. The van der Waals surface area contributed by atoms with E-state index in [0.717, 1.165) is 5.56 Å². The van der Waals surface area contributed by atoms with Crippen LogP contribution in [0.4, 0.5) is 4.39 Å². The van der Waals surface area contributed by atoms with Gasteiger partial charge in [-0.2, -0.15) is 0 Å². The molecule has 0 saturated carbocycles.